The summed E-state index contributed by atoms with van der Waals surface area (Å²) in [5.74, 6) is 0.875. The first-order valence-electron chi connectivity index (χ1n) is 2.92. The molecule has 0 aromatic carbocycles. The van der Waals surface area contributed by atoms with Crippen molar-refractivity contribution in [1.82, 2.24) is 4.90 Å². The predicted octanol–water partition coefficient (Wildman–Crippen LogP) is 0.553. The summed E-state index contributed by atoms with van der Waals surface area (Å²) in [5, 5.41) is 7.02. The fraction of sp³-hybridized carbons (Fsp3) is 0.800. The van der Waals surface area contributed by atoms with E-state index in [0.717, 1.165) is 18.8 Å². The highest BCUT2D eigenvalue weighted by Crippen LogP contribution is 1.85. The highest BCUT2D eigenvalue weighted by Gasteiger charge is 1.99. The Bertz CT molecular complexity index is 98.9. The van der Waals surface area contributed by atoms with Crippen molar-refractivity contribution >= 4 is 31.0 Å². The fourth-order valence-corrected chi connectivity index (χ4v) is 0.811. The van der Waals surface area contributed by atoms with Gasteiger partial charge in [0.05, 0.1) is 0 Å². The van der Waals surface area contributed by atoms with Gasteiger partial charge in [-0.3, -0.25) is 5.41 Å². The number of nitrogens with two attached hydrogens (primary N) is 1. The van der Waals surface area contributed by atoms with Gasteiger partial charge in [0, 0.05) is 18.8 Å². The van der Waals surface area contributed by atoms with Crippen LogP contribution in [0.5, 0.6) is 0 Å². The van der Waals surface area contributed by atoms with Crippen molar-refractivity contribution in [2.24, 2.45) is 5.73 Å². The molecule has 0 aliphatic carbocycles. The van der Waals surface area contributed by atoms with Gasteiger partial charge in [-0.25, -0.2) is 0 Å². The van der Waals surface area contributed by atoms with Crippen molar-refractivity contribution in [2.75, 3.05) is 18.8 Å². The molecule has 0 amide bonds. The van der Waals surface area contributed by atoms with Gasteiger partial charge >= 0.3 is 0 Å². The third-order valence-corrected chi connectivity index (χ3v) is 1.29. The van der Waals surface area contributed by atoms with E-state index in [1.807, 2.05) is 6.92 Å². The van der Waals surface area contributed by atoms with E-state index in [2.05, 4.69) is 12.6 Å². The van der Waals surface area contributed by atoms with Crippen molar-refractivity contribution in [3.63, 3.8) is 0 Å². The van der Waals surface area contributed by atoms with E-state index in [9.17, 15) is 0 Å². The number of thiol groups is 1. The number of hydrogen-bond acceptors (Lipinski definition) is 2. The van der Waals surface area contributed by atoms with Crippen molar-refractivity contribution in [3.05, 3.63) is 0 Å². The molecule has 0 unspecified atom stereocenters. The lowest BCUT2D eigenvalue weighted by Crippen LogP contribution is -2.37. The zero-order chi connectivity index (χ0) is 7.28. The fourth-order valence-electron chi connectivity index (χ4n) is 0.570. The third-order valence-electron chi connectivity index (χ3n) is 1.09. The van der Waals surface area contributed by atoms with Crippen molar-refractivity contribution in [1.29, 1.82) is 5.41 Å². The topological polar surface area (TPSA) is 53.1 Å². The molecule has 0 rings (SSSR count). The van der Waals surface area contributed by atoms with Crippen LogP contribution < -0.4 is 5.73 Å². The van der Waals surface area contributed by atoms with Crippen molar-refractivity contribution < 1.29 is 0 Å². The highest BCUT2D eigenvalue weighted by molar-refractivity contribution is 7.80. The molecule has 0 aliphatic heterocycles. The second kappa shape index (κ2) is 7.02. The van der Waals surface area contributed by atoms with Crippen LogP contribution in [0.15, 0.2) is 0 Å². The van der Waals surface area contributed by atoms with Gasteiger partial charge < -0.3 is 10.6 Å². The number of nitrogens with one attached hydrogen (secondary N) is 1. The van der Waals surface area contributed by atoms with Gasteiger partial charge in [-0.1, -0.05) is 0 Å². The maximum absolute atomic E-state index is 7.02. The molecule has 0 radical (unpaired) electrons. The van der Waals surface area contributed by atoms with E-state index in [0.29, 0.717) is 0 Å². The maximum Gasteiger partial charge on any atom is 0.188 e. The maximum atomic E-state index is 7.02. The summed E-state index contributed by atoms with van der Waals surface area (Å²) in [4.78, 5) is 1.76. The van der Waals surface area contributed by atoms with Crippen LogP contribution in [0.25, 0.3) is 0 Å². The predicted molar refractivity (Wildman–Crippen MR) is 50.3 cm³/mol. The molecular formula is C5H14ClN3S. The molecule has 0 heterocycles. The summed E-state index contributed by atoms with van der Waals surface area (Å²) in [6.07, 6.45) is 0. The van der Waals surface area contributed by atoms with Crippen LogP contribution in [0, 0.1) is 5.41 Å². The lowest BCUT2D eigenvalue weighted by atomic mass is 10.5. The Morgan fingerprint density at radius 1 is 1.70 bits per heavy atom. The minimum absolute atomic E-state index is 0. The van der Waals surface area contributed by atoms with Gasteiger partial charge in [-0.15, -0.1) is 12.4 Å². The van der Waals surface area contributed by atoms with Crippen LogP contribution in [0.1, 0.15) is 6.92 Å². The Hall–Kier alpha value is -0.0900. The summed E-state index contributed by atoms with van der Waals surface area (Å²) in [5.41, 5.74) is 5.21. The van der Waals surface area contributed by atoms with Crippen LogP contribution in [-0.4, -0.2) is 29.7 Å². The van der Waals surface area contributed by atoms with Crippen LogP contribution in [-0.2, 0) is 0 Å². The average molecular weight is 184 g/mol. The Balaban J connectivity index is 0. The molecule has 0 aromatic rings. The Kier molecular flexibility index (Phi) is 8.83. The first-order chi connectivity index (χ1) is 4.22. The van der Waals surface area contributed by atoms with E-state index in [1.54, 1.807) is 4.90 Å². The second-order valence-corrected chi connectivity index (χ2v) is 2.14. The van der Waals surface area contributed by atoms with E-state index in [-0.39, 0.29) is 18.4 Å². The molecule has 0 aromatic heterocycles. The number of guanidine groups is 1. The van der Waals surface area contributed by atoms with Crippen LogP contribution >= 0.6 is 25.0 Å². The molecule has 0 saturated heterocycles. The van der Waals surface area contributed by atoms with E-state index in [4.69, 9.17) is 11.1 Å². The molecule has 0 atom stereocenters. The largest absolute Gasteiger partial charge is 0.370 e. The molecule has 0 bridgehead atoms. The Morgan fingerprint density at radius 3 is 2.30 bits per heavy atom. The monoisotopic (exact) mass is 183 g/mol. The summed E-state index contributed by atoms with van der Waals surface area (Å²) < 4.78 is 0. The number of halogens is 1. The van der Waals surface area contributed by atoms with Gasteiger partial charge in [0.15, 0.2) is 5.96 Å². The van der Waals surface area contributed by atoms with Gasteiger partial charge in [0.1, 0.15) is 0 Å². The van der Waals surface area contributed by atoms with Crippen LogP contribution in [0.3, 0.4) is 0 Å². The van der Waals surface area contributed by atoms with Crippen LogP contribution in [0.4, 0.5) is 0 Å². The first-order valence-corrected chi connectivity index (χ1v) is 3.55. The lowest BCUT2D eigenvalue weighted by Gasteiger charge is -2.18. The SMILES string of the molecule is CCN(CCS)C(=N)N.Cl. The molecule has 0 saturated carbocycles. The minimum Gasteiger partial charge on any atom is -0.370 e. The molecule has 3 nitrogen and oxygen atoms in total. The average Bonchev–Trinajstić information content (AvgIpc) is 1.82. The molecule has 10 heavy (non-hydrogen) atoms. The van der Waals surface area contributed by atoms with Crippen molar-refractivity contribution in [3.8, 4) is 0 Å². The van der Waals surface area contributed by atoms with E-state index >= 15 is 0 Å². The van der Waals surface area contributed by atoms with E-state index < -0.39 is 0 Å². The number of hydrogen-bond donors (Lipinski definition) is 3. The zero-order valence-corrected chi connectivity index (χ0v) is 7.71. The normalized spacial score (nSPS) is 8.20. The van der Waals surface area contributed by atoms with Gasteiger partial charge in [-0.2, -0.15) is 12.6 Å². The molecule has 0 fully saturated rings. The minimum atomic E-state index is 0. The number of nitrogens with zero attached hydrogens (tertiary/aromatic N) is 1. The molecule has 62 valence electrons. The molecule has 5 heteroatoms. The Labute approximate surface area is 73.3 Å². The highest BCUT2D eigenvalue weighted by atomic mass is 35.5. The summed E-state index contributed by atoms with van der Waals surface area (Å²) in [7, 11) is 0. The first kappa shape index (κ1) is 12.6. The standard InChI is InChI=1S/C5H13N3S.ClH/c1-2-8(3-4-9)5(6)7;/h9H,2-4H2,1H3,(H3,6,7);1H. The molecule has 3 N–H and O–H groups in total. The third kappa shape index (κ3) is 4.76. The summed E-state index contributed by atoms with van der Waals surface area (Å²) in [6, 6.07) is 0. The molecular weight excluding hydrogens is 170 g/mol. The second-order valence-electron chi connectivity index (χ2n) is 1.69. The molecule has 0 spiro atoms. The summed E-state index contributed by atoms with van der Waals surface area (Å²) in [6.45, 7) is 3.51. The quantitative estimate of drug-likeness (QED) is 0.340. The molecule has 0 aliphatic rings. The van der Waals surface area contributed by atoms with Crippen LogP contribution in [0.2, 0.25) is 0 Å². The smallest absolute Gasteiger partial charge is 0.188 e. The lowest BCUT2D eigenvalue weighted by molar-refractivity contribution is 0.461. The number of rotatable bonds is 3. The van der Waals surface area contributed by atoms with Crippen molar-refractivity contribution in [2.45, 2.75) is 6.92 Å². The summed E-state index contributed by atoms with van der Waals surface area (Å²) >= 11 is 4.01. The van der Waals surface area contributed by atoms with Gasteiger partial charge in [0.2, 0.25) is 0 Å². The van der Waals surface area contributed by atoms with Gasteiger partial charge in [-0.05, 0) is 6.92 Å². The Morgan fingerprint density at radius 2 is 2.20 bits per heavy atom. The zero-order valence-electron chi connectivity index (χ0n) is 6.00. The van der Waals surface area contributed by atoms with Gasteiger partial charge in [0.25, 0.3) is 0 Å². The van der Waals surface area contributed by atoms with E-state index in [1.165, 1.54) is 0 Å².